The Morgan fingerprint density at radius 2 is 1.90 bits per heavy atom. The van der Waals surface area contributed by atoms with Crippen molar-refractivity contribution in [1.82, 2.24) is 9.97 Å². The van der Waals surface area contributed by atoms with Gasteiger partial charge in [0.2, 0.25) is 5.91 Å². The molecular weight excluding hydrogens is 272 g/mol. The molecule has 0 atom stereocenters. The number of carbonyl (C=O) groups excluding carboxylic acids is 1. The maximum absolute atomic E-state index is 12.0. The lowest BCUT2D eigenvalue weighted by molar-refractivity contribution is -0.113. The Balaban J connectivity index is 1.98. The number of hydrogen-bond acceptors (Lipinski definition) is 5. The first-order valence-electron chi connectivity index (χ1n) is 6.13. The second kappa shape index (κ2) is 6.38. The molecule has 1 heterocycles. The average Bonchev–Trinajstić information content (AvgIpc) is 2.42. The third-order valence-electron chi connectivity index (χ3n) is 2.78. The highest BCUT2D eigenvalue weighted by Crippen LogP contribution is 2.22. The van der Waals surface area contributed by atoms with E-state index >= 15 is 0 Å². The number of nitrogens with two attached hydrogens (primary N) is 1. The predicted octanol–water partition coefficient (Wildman–Crippen LogP) is 2.41. The molecule has 2 rings (SSSR count). The molecule has 1 aromatic heterocycles. The zero-order chi connectivity index (χ0) is 14.5. The van der Waals surface area contributed by atoms with Gasteiger partial charge in [0.25, 0.3) is 0 Å². The molecule has 0 bridgehead atoms. The number of rotatable bonds is 4. The van der Waals surface area contributed by atoms with Gasteiger partial charge >= 0.3 is 0 Å². The van der Waals surface area contributed by atoms with Gasteiger partial charge < -0.3 is 11.1 Å². The van der Waals surface area contributed by atoms with Gasteiger partial charge in [-0.2, -0.15) is 0 Å². The number of aryl methyl sites for hydroxylation is 2. The van der Waals surface area contributed by atoms with Crippen LogP contribution in [-0.4, -0.2) is 21.6 Å². The van der Waals surface area contributed by atoms with Crippen molar-refractivity contribution in [1.29, 1.82) is 0 Å². The molecule has 5 nitrogen and oxygen atoms in total. The summed E-state index contributed by atoms with van der Waals surface area (Å²) in [5, 5.41) is 3.49. The van der Waals surface area contributed by atoms with Crippen LogP contribution in [0.3, 0.4) is 0 Å². The summed E-state index contributed by atoms with van der Waals surface area (Å²) in [6.45, 7) is 3.94. The molecule has 0 radical (unpaired) electrons. The Kier molecular flexibility index (Phi) is 4.57. The van der Waals surface area contributed by atoms with Gasteiger partial charge in [0.15, 0.2) is 5.82 Å². The lowest BCUT2D eigenvalue weighted by Gasteiger charge is -2.11. The summed E-state index contributed by atoms with van der Waals surface area (Å²) in [7, 11) is 0. The molecule has 1 amide bonds. The summed E-state index contributed by atoms with van der Waals surface area (Å²) < 4.78 is 0. The second-order valence-electron chi connectivity index (χ2n) is 4.35. The first-order chi connectivity index (χ1) is 9.58. The summed E-state index contributed by atoms with van der Waals surface area (Å²) in [5.41, 5.74) is 8.64. The number of nitrogens with one attached hydrogen (secondary N) is 1. The third kappa shape index (κ3) is 3.48. The number of benzene rings is 1. The van der Waals surface area contributed by atoms with Crippen LogP contribution in [-0.2, 0) is 4.79 Å². The monoisotopic (exact) mass is 288 g/mol. The number of carbonyl (C=O) groups is 1. The minimum Gasteiger partial charge on any atom is -0.381 e. The van der Waals surface area contributed by atoms with Gasteiger partial charge in [-0.15, -0.1) is 0 Å². The van der Waals surface area contributed by atoms with Gasteiger partial charge in [0, 0.05) is 18.1 Å². The molecule has 0 spiro atoms. The number of nitrogen functional groups attached to an aromatic ring is 1. The summed E-state index contributed by atoms with van der Waals surface area (Å²) in [5.74, 6) is 0.506. The standard InChI is InChI=1S/C14H16N4OS/c1-9-4-3-5-10(2)12(9)18-11(19)8-20-14-13(15)16-6-7-17-14/h3-7H,8H2,1-2H3,(H2,15,16)(H,18,19). The van der Waals surface area contributed by atoms with Crippen molar-refractivity contribution in [3.8, 4) is 0 Å². The number of hydrogen-bond donors (Lipinski definition) is 2. The van der Waals surface area contributed by atoms with Gasteiger partial charge in [-0.25, -0.2) is 9.97 Å². The molecule has 0 aliphatic rings. The number of aromatic nitrogens is 2. The van der Waals surface area contributed by atoms with E-state index in [4.69, 9.17) is 5.73 Å². The summed E-state index contributed by atoms with van der Waals surface area (Å²) in [6, 6.07) is 5.90. The summed E-state index contributed by atoms with van der Waals surface area (Å²) in [4.78, 5) is 20.0. The average molecular weight is 288 g/mol. The van der Waals surface area contributed by atoms with Crippen molar-refractivity contribution >= 4 is 29.2 Å². The highest BCUT2D eigenvalue weighted by Gasteiger charge is 2.09. The van der Waals surface area contributed by atoms with E-state index in [1.165, 1.54) is 18.0 Å². The predicted molar refractivity (Wildman–Crippen MR) is 81.7 cm³/mol. The maximum atomic E-state index is 12.0. The normalized spacial score (nSPS) is 10.3. The highest BCUT2D eigenvalue weighted by molar-refractivity contribution is 8.00. The Bertz CT molecular complexity index is 610. The maximum Gasteiger partial charge on any atom is 0.234 e. The molecule has 0 saturated carbocycles. The fourth-order valence-corrected chi connectivity index (χ4v) is 2.44. The van der Waals surface area contributed by atoms with Crippen LogP contribution in [0.4, 0.5) is 11.5 Å². The summed E-state index contributed by atoms with van der Waals surface area (Å²) in [6.07, 6.45) is 3.08. The Hall–Kier alpha value is -2.08. The number of thioether (sulfide) groups is 1. The quantitative estimate of drug-likeness (QED) is 0.844. The van der Waals surface area contributed by atoms with E-state index < -0.39 is 0 Å². The molecule has 20 heavy (non-hydrogen) atoms. The van der Waals surface area contributed by atoms with Crippen molar-refractivity contribution in [2.24, 2.45) is 0 Å². The van der Waals surface area contributed by atoms with E-state index in [1.54, 1.807) is 6.20 Å². The fraction of sp³-hybridized carbons (Fsp3) is 0.214. The molecule has 0 saturated heterocycles. The molecule has 104 valence electrons. The third-order valence-corrected chi connectivity index (χ3v) is 3.77. The SMILES string of the molecule is Cc1cccc(C)c1NC(=O)CSc1nccnc1N. The molecule has 0 unspecified atom stereocenters. The largest absolute Gasteiger partial charge is 0.381 e. The van der Waals surface area contributed by atoms with Crippen LogP contribution >= 0.6 is 11.8 Å². The van der Waals surface area contributed by atoms with E-state index in [-0.39, 0.29) is 11.7 Å². The first-order valence-corrected chi connectivity index (χ1v) is 7.12. The van der Waals surface area contributed by atoms with Crippen LogP contribution < -0.4 is 11.1 Å². The van der Waals surface area contributed by atoms with Crippen molar-refractivity contribution in [3.05, 3.63) is 41.7 Å². The van der Waals surface area contributed by atoms with E-state index in [0.717, 1.165) is 16.8 Å². The molecule has 1 aromatic carbocycles. The smallest absolute Gasteiger partial charge is 0.234 e. The van der Waals surface area contributed by atoms with Gasteiger partial charge in [0.05, 0.1) is 5.75 Å². The molecular formula is C14H16N4OS. The van der Waals surface area contributed by atoms with Crippen LogP contribution in [0.15, 0.2) is 35.6 Å². The van der Waals surface area contributed by atoms with Crippen LogP contribution in [0, 0.1) is 13.8 Å². The van der Waals surface area contributed by atoms with E-state index in [2.05, 4.69) is 15.3 Å². The van der Waals surface area contributed by atoms with E-state index in [1.807, 2.05) is 32.0 Å². The van der Waals surface area contributed by atoms with Crippen LogP contribution in [0.1, 0.15) is 11.1 Å². The number of para-hydroxylation sites is 1. The van der Waals surface area contributed by atoms with Crippen molar-refractivity contribution in [2.75, 3.05) is 16.8 Å². The first kappa shape index (κ1) is 14.3. The second-order valence-corrected chi connectivity index (χ2v) is 5.31. The zero-order valence-corrected chi connectivity index (χ0v) is 12.2. The lowest BCUT2D eigenvalue weighted by Crippen LogP contribution is -2.16. The fourth-order valence-electron chi connectivity index (χ4n) is 1.77. The van der Waals surface area contributed by atoms with Gasteiger partial charge in [-0.3, -0.25) is 4.79 Å². The zero-order valence-electron chi connectivity index (χ0n) is 11.4. The Labute approximate surface area is 122 Å². The van der Waals surface area contributed by atoms with Gasteiger partial charge in [-0.1, -0.05) is 30.0 Å². The molecule has 0 aliphatic heterocycles. The minimum absolute atomic E-state index is 0.0857. The van der Waals surface area contributed by atoms with Crippen molar-refractivity contribution in [3.63, 3.8) is 0 Å². The molecule has 0 aliphatic carbocycles. The van der Waals surface area contributed by atoms with Crippen LogP contribution in [0.2, 0.25) is 0 Å². The topological polar surface area (TPSA) is 80.9 Å². The lowest BCUT2D eigenvalue weighted by atomic mass is 10.1. The van der Waals surface area contributed by atoms with E-state index in [9.17, 15) is 4.79 Å². The molecule has 0 fully saturated rings. The number of nitrogens with zero attached hydrogens (tertiary/aromatic N) is 2. The van der Waals surface area contributed by atoms with Crippen molar-refractivity contribution in [2.45, 2.75) is 18.9 Å². The van der Waals surface area contributed by atoms with Crippen LogP contribution in [0.25, 0.3) is 0 Å². The number of anilines is 2. The van der Waals surface area contributed by atoms with E-state index in [0.29, 0.717) is 10.8 Å². The summed E-state index contributed by atoms with van der Waals surface area (Å²) >= 11 is 1.28. The van der Waals surface area contributed by atoms with Crippen molar-refractivity contribution < 1.29 is 4.79 Å². The minimum atomic E-state index is -0.0857. The van der Waals surface area contributed by atoms with Gasteiger partial charge in [0.1, 0.15) is 5.03 Å². The highest BCUT2D eigenvalue weighted by atomic mass is 32.2. The Morgan fingerprint density at radius 3 is 2.55 bits per heavy atom. The molecule has 3 N–H and O–H groups in total. The van der Waals surface area contributed by atoms with Crippen LogP contribution in [0.5, 0.6) is 0 Å². The Morgan fingerprint density at radius 1 is 1.25 bits per heavy atom. The number of amides is 1. The van der Waals surface area contributed by atoms with Gasteiger partial charge in [-0.05, 0) is 25.0 Å². The molecule has 6 heteroatoms. The molecule has 2 aromatic rings.